The number of hydrogen-bond donors (Lipinski definition) is 2. The zero-order chi connectivity index (χ0) is 28.4. The number of amides is 2. The summed E-state index contributed by atoms with van der Waals surface area (Å²) < 4.78 is 79.4. The predicted octanol–water partition coefficient (Wildman–Crippen LogP) is 7.93. The first kappa shape index (κ1) is 28.9. The maximum Gasteiger partial charge on any atom is 0.416 e. The van der Waals surface area contributed by atoms with Crippen molar-refractivity contribution >= 4 is 30.2 Å². The van der Waals surface area contributed by atoms with Crippen LogP contribution in [-0.4, -0.2) is 17.2 Å². The molecule has 1 saturated carbocycles. The van der Waals surface area contributed by atoms with Crippen molar-refractivity contribution in [2.75, 3.05) is 5.32 Å². The number of benzene rings is 3. The fraction of sp³-hybridized carbons (Fsp3) is 0.345. The lowest BCUT2D eigenvalue weighted by atomic mass is 9.90. The van der Waals surface area contributed by atoms with Gasteiger partial charge in [0.25, 0.3) is 0 Å². The lowest BCUT2D eigenvalue weighted by molar-refractivity contribution is -0.143. The number of alkyl halides is 6. The molecule has 3 aromatic rings. The molecule has 10 heteroatoms. The average Bonchev–Trinajstić information content (AvgIpc) is 3.26. The number of nitrogens with one attached hydrogen (secondary N) is 2. The summed E-state index contributed by atoms with van der Waals surface area (Å²) in [6, 6.07) is 20.2. The molecule has 3 atom stereocenters. The van der Waals surface area contributed by atoms with Gasteiger partial charge in [-0.15, -0.1) is 0 Å². The molecule has 0 heterocycles. The standard InChI is InChI=1S/C29H29F6N2OP/c1-19(36-26(38)37-22-17-20(28(30,31)32)16-21(18-22)29(33,34)35)25-14-9-15-27(25,2)39(23-10-5-3-6-11-23)24-12-7-4-8-13-24/h3-8,10-13,16-19,25H,9,14-15H2,1-2H3,(H2,36,37,38)/t19-,25+,27+/m0/s1. The van der Waals surface area contributed by atoms with E-state index in [0.29, 0.717) is 12.1 Å². The second kappa shape index (κ2) is 11.2. The zero-order valence-electron chi connectivity index (χ0n) is 21.4. The van der Waals surface area contributed by atoms with Crippen molar-refractivity contribution in [1.29, 1.82) is 0 Å². The molecule has 0 unspecified atom stereocenters. The Morgan fingerprint density at radius 1 is 0.872 bits per heavy atom. The topological polar surface area (TPSA) is 41.1 Å². The molecule has 0 spiro atoms. The summed E-state index contributed by atoms with van der Waals surface area (Å²) in [5, 5.41) is 7.19. The highest BCUT2D eigenvalue weighted by molar-refractivity contribution is 7.74. The molecule has 1 fully saturated rings. The number of carbonyl (C=O) groups is 1. The van der Waals surface area contributed by atoms with Crippen LogP contribution < -0.4 is 21.2 Å². The summed E-state index contributed by atoms with van der Waals surface area (Å²) in [5.41, 5.74) is -3.55. The highest BCUT2D eigenvalue weighted by Crippen LogP contribution is 2.59. The monoisotopic (exact) mass is 566 g/mol. The smallest absolute Gasteiger partial charge is 0.335 e. The molecule has 3 nitrogen and oxygen atoms in total. The first-order valence-electron chi connectivity index (χ1n) is 12.6. The Balaban J connectivity index is 1.58. The quantitative estimate of drug-likeness (QED) is 0.231. The molecular formula is C29H29F6N2OP. The Labute approximate surface area is 224 Å². The number of rotatable bonds is 6. The number of carbonyl (C=O) groups excluding carboxylic acids is 1. The van der Waals surface area contributed by atoms with Crippen molar-refractivity contribution in [2.45, 2.75) is 56.7 Å². The maximum absolute atomic E-state index is 13.2. The minimum absolute atomic E-state index is 0.0296. The van der Waals surface area contributed by atoms with E-state index in [2.05, 4.69) is 41.8 Å². The molecule has 0 aliphatic heterocycles. The SMILES string of the molecule is C[C@H](NC(=O)Nc1cc(C(F)(F)F)cc(C(F)(F)F)c1)[C@H]1CCC[C@@]1(C)P(c1ccccc1)c1ccccc1. The molecule has 0 radical (unpaired) electrons. The second-order valence-electron chi connectivity index (χ2n) is 10.0. The summed E-state index contributed by atoms with van der Waals surface area (Å²) in [4.78, 5) is 12.8. The normalized spacial score (nSPS) is 20.6. The highest BCUT2D eigenvalue weighted by Gasteiger charge is 2.48. The summed E-state index contributed by atoms with van der Waals surface area (Å²) in [5.74, 6) is 0.0296. The fourth-order valence-corrected chi connectivity index (χ4v) is 9.12. The Hall–Kier alpha value is -3.06. The van der Waals surface area contributed by atoms with Crippen LogP contribution in [0.4, 0.5) is 36.8 Å². The Bertz CT molecular complexity index is 1210. The van der Waals surface area contributed by atoms with Gasteiger partial charge in [-0.3, -0.25) is 0 Å². The molecule has 208 valence electrons. The fourth-order valence-electron chi connectivity index (χ4n) is 5.64. The third-order valence-corrected chi connectivity index (χ3v) is 10.6. The van der Waals surface area contributed by atoms with Crippen LogP contribution in [0.1, 0.15) is 44.2 Å². The van der Waals surface area contributed by atoms with Crippen LogP contribution in [-0.2, 0) is 12.4 Å². The van der Waals surface area contributed by atoms with E-state index in [1.54, 1.807) is 0 Å². The lowest BCUT2D eigenvalue weighted by Gasteiger charge is -2.43. The lowest BCUT2D eigenvalue weighted by Crippen LogP contribution is -2.48. The number of hydrogen-bond acceptors (Lipinski definition) is 1. The molecule has 1 aliphatic carbocycles. The predicted molar refractivity (Wildman–Crippen MR) is 143 cm³/mol. The van der Waals surface area contributed by atoms with Gasteiger partial charge in [0, 0.05) is 16.9 Å². The third-order valence-electron chi connectivity index (χ3n) is 7.34. The van der Waals surface area contributed by atoms with Crippen molar-refractivity contribution in [2.24, 2.45) is 5.92 Å². The minimum atomic E-state index is -5.00. The van der Waals surface area contributed by atoms with Gasteiger partial charge >= 0.3 is 18.4 Å². The third kappa shape index (κ3) is 6.57. The van der Waals surface area contributed by atoms with Crippen molar-refractivity contribution in [1.82, 2.24) is 5.32 Å². The van der Waals surface area contributed by atoms with E-state index in [4.69, 9.17) is 0 Å². The Morgan fingerprint density at radius 3 is 1.82 bits per heavy atom. The van der Waals surface area contributed by atoms with Crippen LogP contribution in [0.15, 0.2) is 78.9 Å². The van der Waals surface area contributed by atoms with E-state index >= 15 is 0 Å². The molecule has 0 bridgehead atoms. The summed E-state index contributed by atoms with van der Waals surface area (Å²) in [6.45, 7) is 4.06. The van der Waals surface area contributed by atoms with Crippen LogP contribution in [0.3, 0.4) is 0 Å². The van der Waals surface area contributed by atoms with Gasteiger partial charge in [0.05, 0.1) is 11.1 Å². The highest BCUT2D eigenvalue weighted by atomic mass is 31.1. The van der Waals surface area contributed by atoms with Crippen LogP contribution >= 0.6 is 7.92 Å². The van der Waals surface area contributed by atoms with Gasteiger partial charge < -0.3 is 10.6 Å². The van der Waals surface area contributed by atoms with E-state index in [1.165, 1.54) is 10.6 Å². The number of anilines is 1. The van der Waals surface area contributed by atoms with Gasteiger partial charge in [0.1, 0.15) is 0 Å². The van der Waals surface area contributed by atoms with Gasteiger partial charge in [0.2, 0.25) is 0 Å². The zero-order valence-corrected chi connectivity index (χ0v) is 22.3. The average molecular weight is 567 g/mol. The van der Waals surface area contributed by atoms with Crippen molar-refractivity contribution < 1.29 is 31.1 Å². The first-order valence-corrected chi connectivity index (χ1v) is 13.9. The van der Waals surface area contributed by atoms with E-state index in [9.17, 15) is 31.1 Å². The minimum Gasteiger partial charge on any atom is -0.335 e. The molecule has 4 rings (SSSR count). The second-order valence-corrected chi connectivity index (χ2v) is 12.8. The largest absolute Gasteiger partial charge is 0.416 e. The van der Waals surface area contributed by atoms with Crippen LogP contribution in [0.2, 0.25) is 0 Å². The van der Waals surface area contributed by atoms with E-state index < -0.39 is 43.1 Å². The van der Waals surface area contributed by atoms with Crippen LogP contribution in [0.5, 0.6) is 0 Å². The maximum atomic E-state index is 13.2. The Morgan fingerprint density at radius 2 is 1.36 bits per heavy atom. The molecule has 2 amide bonds. The van der Waals surface area contributed by atoms with Crippen molar-refractivity contribution in [3.05, 3.63) is 90.0 Å². The van der Waals surface area contributed by atoms with E-state index in [0.717, 1.165) is 19.3 Å². The van der Waals surface area contributed by atoms with Gasteiger partial charge in [-0.1, -0.05) is 74.0 Å². The summed E-state index contributed by atoms with van der Waals surface area (Å²) in [6.07, 6.45) is -7.31. The molecule has 0 saturated heterocycles. The Kier molecular flexibility index (Phi) is 8.31. The molecule has 2 N–H and O–H groups in total. The molecule has 3 aromatic carbocycles. The molecule has 39 heavy (non-hydrogen) atoms. The molecule has 1 aliphatic rings. The number of halogens is 6. The van der Waals surface area contributed by atoms with E-state index in [-0.39, 0.29) is 23.2 Å². The van der Waals surface area contributed by atoms with Crippen LogP contribution in [0.25, 0.3) is 0 Å². The van der Waals surface area contributed by atoms with Crippen LogP contribution in [0, 0.1) is 5.92 Å². The van der Waals surface area contributed by atoms with Gasteiger partial charge in [-0.2, -0.15) is 26.3 Å². The summed E-state index contributed by atoms with van der Waals surface area (Å²) in [7, 11) is -0.835. The van der Waals surface area contributed by atoms with Gasteiger partial charge in [-0.25, -0.2) is 4.79 Å². The molecular weight excluding hydrogens is 537 g/mol. The number of urea groups is 1. The van der Waals surface area contributed by atoms with Crippen molar-refractivity contribution in [3.63, 3.8) is 0 Å². The van der Waals surface area contributed by atoms with E-state index in [1.807, 2.05) is 43.3 Å². The first-order chi connectivity index (χ1) is 18.3. The van der Waals surface area contributed by atoms with Crippen molar-refractivity contribution in [3.8, 4) is 0 Å². The van der Waals surface area contributed by atoms with Gasteiger partial charge in [-0.05, 0) is 62.4 Å². The summed E-state index contributed by atoms with van der Waals surface area (Å²) >= 11 is 0. The van der Waals surface area contributed by atoms with Gasteiger partial charge in [0.15, 0.2) is 0 Å². The molecule has 0 aromatic heterocycles.